The molecule has 0 aliphatic carbocycles. The predicted octanol–water partition coefficient (Wildman–Crippen LogP) is 4.13. The summed E-state index contributed by atoms with van der Waals surface area (Å²) in [5, 5.41) is 10.8. The third-order valence-corrected chi connectivity index (χ3v) is 4.70. The Labute approximate surface area is 147 Å². The van der Waals surface area contributed by atoms with Crippen molar-refractivity contribution >= 4 is 17.2 Å². The van der Waals surface area contributed by atoms with Crippen molar-refractivity contribution in [3.05, 3.63) is 40.9 Å². The van der Waals surface area contributed by atoms with Crippen LogP contribution in [0.15, 0.2) is 29.6 Å². The maximum atomic E-state index is 12.8. The van der Waals surface area contributed by atoms with Crippen LogP contribution in [0.3, 0.4) is 0 Å². The van der Waals surface area contributed by atoms with Crippen molar-refractivity contribution < 1.29 is 18.0 Å². The largest absolute Gasteiger partial charge is 0.416 e. The van der Waals surface area contributed by atoms with Crippen molar-refractivity contribution in [2.75, 3.05) is 7.05 Å². The molecule has 0 saturated carbocycles. The van der Waals surface area contributed by atoms with E-state index < -0.39 is 11.7 Å². The molecule has 1 aromatic heterocycles. The number of amides is 1. The van der Waals surface area contributed by atoms with E-state index in [1.54, 1.807) is 25.4 Å². The van der Waals surface area contributed by atoms with Crippen molar-refractivity contribution in [3.8, 4) is 16.6 Å². The summed E-state index contributed by atoms with van der Waals surface area (Å²) in [4.78, 5) is 17.9. The summed E-state index contributed by atoms with van der Waals surface area (Å²) in [6, 6.07) is 6.75. The Hall–Kier alpha value is -2.40. The van der Waals surface area contributed by atoms with Crippen LogP contribution in [-0.4, -0.2) is 28.9 Å². The van der Waals surface area contributed by atoms with Crippen LogP contribution in [0, 0.1) is 11.3 Å². The van der Waals surface area contributed by atoms with Gasteiger partial charge in [0.2, 0.25) is 5.91 Å². The summed E-state index contributed by atoms with van der Waals surface area (Å²) in [6.07, 6.45) is -4.14. The quantitative estimate of drug-likeness (QED) is 0.798. The SMILES string of the molecule is CC(CC#N)N(C)C(=O)Cc1csc(-c2cccc(C(F)(F)F)c2)n1. The fourth-order valence-corrected chi connectivity index (χ4v) is 2.96. The fraction of sp³-hybridized carbons (Fsp3) is 0.353. The molecule has 2 rings (SSSR count). The molecule has 8 heteroatoms. The average molecular weight is 367 g/mol. The lowest BCUT2D eigenvalue weighted by molar-refractivity contribution is -0.137. The third-order valence-electron chi connectivity index (χ3n) is 3.76. The number of halogens is 3. The molecule has 0 radical (unpaired) electrons. The topological polar surface area (TPSA) is 57.0 Å². The fourth-order valence-electron chi connectivity index (χ4n) is 2.14. The van der Waals surface area contributed by atoms with Gasteiger partial charge in [-0.2, -0.15) is 18.4 Å². The van der Waals surface area contributed by atoms with Gasteiger partial charge < -0.3 is 4.90 Å². The highest BCUT2D eigenvalue weighted by Gasteiger charge is 2.30. The first kappa shape index (κ1) is 18.9. The number of benzene rings is 1. The molecule has 1 heterocycles. The smallest absolute Gasteiger partial charge is 0.342 e. The number of likely N-dealkylation sites (N-methyl/N-ethyl adjacent to an activating group) is 1. The number of carbonyl (C=O) groups is 1. The molecular formula is C17H16F3N3OS. The second kappa shape index (κ2) is 7.66. The molecule has 0 aliphatic rings. The number of aromatic nitrogens is 1. The number of alkyl halides is 3. The zero-order chi connectivity index (χ0) is 18.6. The van der Waals surface area contributed by atoms with E-state index in [0.717, 1.165) is 12.1 Å². The molecule has 0 saturated heterocycles. The highest BCUT2D eigenvalue weighted by Crippen LogP contribution is 2.33. The van der Waals surface area contributed by atoms with Crippen LogP contribution < -0.4 is 0 Å². The van der Waals surface area contributed by atoms with Crippen molar-refractivity contribution in [1.29, 1.82) is 5.26 Å². The van der Waals surface area contributed by atoms with Crippen molar-refractivity contribution in [3.63, 3.8) is 0 Å². The summed E-state index contributed by atoms with van der Waals surface area (Å²) in [7, 11) is 1.62. The summed E-state index contributed by atoms with van der Waals surface area (Å²) in [5.74, 6) is -0.191. The lowest BCUT2D eigenvalue weighted by Gasteiger charge is -2.22. The van der Waals surface area contributed by atoms with Gasteiger partial charge in [-0.3, -0.25) is 4.79 Å². The molecule has 132 valence electrons. The molecule has 2 aromatic rings. The summed E-state index contributed by atoms with van der Waals surface area (Å²) >= 11 is 1.19. The number of hydrogen-bond acceptors (Lipinski definition) is 4. The van der Waals surface area contributed by atoms with Crippen LogP contribution >= 0.6 is 11.3 Å². The number of carbonyl (C=O) groups excluding carboxylic acids is 1. The minimum Gasteiger partial charge on any atom is -0.342 e. The highest BCUT2D eigenvalue weighted by atomic mass is 32.1. The molecule has 0 bridgehead atoms. The Morgan fingerprint density at radius 2 is 2.16 bits per heavy atom. The molecule has 4 nitrogen and oxygen atoms in total. The Balaban J connectivity index is 2.13. The first-order valence-electron chi connectivity index (χ1n) is 7.47. The van der Waals surface area contributed by atoms with Gasteiger partial charge in [0, 0.05) is 24.0 Å². The van der Waals surface area contributed by atoms with E-state index in [0.29, 0.717) is 16.3 Å². The monoisotopic (exact) mass is 367 g/mol. The highest BCUT2D eigenvalue weighted by molar-refractivity contribution is 7.13. The maximum Gasteiger partial charge on any atom is 0.416 e. The summed E-state index contributed by atoms with van der Waals surface area (Å²) < 4.78 is 38.4. The number of nitrogens with zero attached hydrogens (tertiary/aromatic N) is 3. The normalized spacial score (nSPS) is 12.5. The first-order valence-corrected chi connectivity index (χ1v) is 8.35. The maximum absolute atomic E-state index is 12.8. The Kier molecular flexibility index (Phi) is 5.80. The molecule has 1 amide bonds. The molecule has 1 unspecified atom stereocenters. The van der Waals surface area contributed by atoms with Crippen LogP contribution in [-0.2, 0) is 17.4 Å². The van der Waals surface area contributed by atoms with E-state index in [1.807, 2.05) is 6.07 Å². The molecule has 25 heavy (non-hydrogen) atoms. The van der Waals surface area contributed by atoms with Crippen LogP contribution in [0.5, 0.6) is 0 Å². The molecule has 0 fully saturated rings. The average Bonchev–Trinajstić information content (AvgIpc) is 3.02. The van der Waals surface area contributed by atoms with Gasteiger partial charge in [0.25, 0.3) is 0 Å². The predicted molar refractivity (Wildman–Crippen MR) is 88.7 cm³/mol. The van der Waals surface area contributed by atoms with Crippen LogP contribution in [0.2, 0.25) is 0 Å². The Morgan fingerprint density at radius 1 is 1.44 bits per heavy atom. The van der Waals surface area contributed by atoms with E-state index in [2.05, 4.69) is 4.98 Å². The van der Waals surface area contributed by atoms with E-state index >= 15 is 0 Å². The molecule has 1 aromatic carbocycles. The van der Waals surface area contributed by atoms with Gasteiger partial charge in [0.1, 0.15) is 5.01 Å². The van der Waals surface area contributed by atoms with Gasteiger partial charge >= 0.3 is 6.18 Å². The molecule has 1 atom stereocenters. The van der Waals surface area contributed by atoms with Gasteiger partial charge in [0.05, 0.1) is 30.2 Å². The number of hydrogen-bond donors (Lipinski definition) is 0. The number of thiazole rings is 1. The lowest BCUT2D eigenvalue weighted by Crippen LogP contribution is -2.35. The van der Waals surface area contributed by atoms with Crippen LogP contribution in [0.25, 0.3) is 10.6 Å². The van der Waals surface area contributed by atoms with Gasteiger partial charge in [0.15, 0.2) is 0 Å². The van der Waals surface area contributed by atoms with Gasteiger partial charge in [-0.05, 0) is 19.1 Å². The minimum atomic E-state index is -4.41. The first-order chi connectivity index (χ1) is 11.7. The van der Waals surface area contributed by atoms with E-state index in [9.17, 15) is 18.0 Å². The zero-order valence-corrected chi connectivity index (χ0v) is 14.5. The molecule has 0 aliphatic heterocycles. The minimum absolute atomic E-state index is 0.0434. The van der Waals surface area contributed by atoms with E-state index in [4.69, 9.17) is 5.26 Å². The third kappa shape index (κ3) is 4.79. The van der Waals surface area contributed by atoms with Gasteiger partial charge in [-0.25, -0.2) is 4.98 Å². The number of nitriles is 1. The lowest BCUT2D eigenvalue weighted by atomic mass is 10.1. The van der Waals surface area contributed by atoms with Gasteiger partial charge in [-0.1, -0.05) is 12.1 Å². The van der Waals surface area contributed by atoms with Crippen LogP contribution in [0.1, 0.15) is 24.6 Å². The van der Waals surface area contributed by atoms with Crippen molar-refractivity contribution in [1.82, 2.24) is 9.88 Å². The van der Waals surface area contributed by atoms with Crippen LogP contribution in [0.4, 0.5) is 13.2 Å². The van der Waals surface area contributed by atoms with Crippen molar-refractivity contribution in [2.45, 2.75) is 32.0 Å². The molecular weight excluding hydrogens is 351 g/mol. The number of rotatable bonds is 5. The Bertz CT molecular complexity index is 795. The van der Waals surface area contributed by atoms with E-state index in [-0.39, 0.29) is 24.8 Å². The molecule has 0 N–H and O–H groups in total. The second-order valence-electron chi connectivity index (χ2n) is 5.62. The standard InChI is InChI=1S/C17H16F3N3OS/c1-11(6-7-21)23(2)15(24)9-14-10-25-16(22-14)12-4-3-5-13(8-12)17(18,19)20/h3-5,8,10-11H,6,9H2,1-2H3. The van der Waals surface area contributed by atoms with Gasteiger partial charge in [-0.15, -0.1) is 11.3 Å². The summed E-state index contributed by atoms with van der Waals surface area (Å²) in [6.45, 7) is 1.77. The van der Waals surface area contributed by atoms with E-state index in [1.165, 1.54) is 22.3 Å². The second-order valence-corrected chi connectivity index (χ2v) is 6.47. The zero-order valence-electron chi connectivity index (χ0n) is 13.7. The molecule has 0 spiro atoms. The Morgan fingerprint density at radius 3 is 2.80 bits per heavy atom. The summed E-state index contributed by atoms with van der Waals surface area (Å²) in [5.41, 5.74) is 0.131. The van der Waals surface area contributed by atoms with Crippen molar-refractivity contribution in [2.24, 2.45) is 0 Å².